The fourth-order valence-electron chi connectivity index (χ4n) is 2.48. The second-order valence-corrected chi connectivity index (χ2v) is 5.55. The van der Waals surface area contributed by atoms with Gasteiger partial charge in [-0.1, -0.05) is 24.3 Å². The summed E-state index contributed by atoms with van der Waals surface area (Å²) in [6, 6.07) is 16.5. The van der Waals surface area contributed by atoms with Gasteiger partial charge in [0, 0.05) is 11.5 Å². The first-order valence-corrected chi connectivity index (χ1v) is 8.19. The third kappa shape index (κ3) is 4.67. The van der Waals surface area contributed by atoms with Crippen molar-refractivity contribution in [3.8, 4) is 17.6 Å². The van der Waals surface area contributed by atoms with Crippen LogP contribution in [0.1, 0.15) is 11.3 Å². The third-order valence-electron chi connectivity index (χ3n) is 3.73. The number of fused-ring (bicyclic) bond motifs is 1. The maximum atomic E-state index is 11.9. The van der Waals surface area contributed by atoms with E-state index >= 15 is 0 Å². The Morgan fingerprint density at radius 2 is 2.04 bits per heavy atom. The number of para-hydroxylation sites is 1. The van der Waals surface area contributed by atoms with Crippen LogP contribution in [0.15, 0.2) is 59.0 Å². The molecule has 0 N–H and O–H groups in total. The lowest BCUT2D eigenvalue weighted by Gasteiger charge is -2.08. The first kappa shape index (κ1) is 18.1. The van der Waals surface area contributed by atoms with Crippen LogP contribution in [-0.2, 0) is 16.1 Å². The summed E-state index contributed by atoms with van der Waals surface area (Å²) in [6.07, 6.45) is 2.94. The van der Waals surface area contributed by atoms with Crippen LogP contribution in [0.25, 0.3) is 17.0 Å². The predicted octanol–water partition coefficient (Wildman–Crippen LogP) is 4.10. The van der Waals surface area contributed by atoms with Crippen LogP contribution in [0.5, 0.6) is 11.5 Å². The Balaban J connectivity index is 1.59. The van der Waals surface area contributed by atoms with Gasteiger partial charge < -0.3 is 18.6 Å². The Hall–Kier alpha value is -3.72. The monoisotopic (exact) mass is 363 g/mol. The van der Waals surface area contributed by atoms with Gasteiger partial charge in [0.15, 0.2) is 18.1 Å². The van der Waals surface area contributed by atoms with Crippen molar-refractivity contribution in [1.29, 1.82) is 5.26 Å². The average molecular weight is 363 g/mol. The average Bonchev–Trinajstić information content (AvgIpc) is 3.12. The van der Waals surface area contributed by atoms with E-state index in [0.717, 1.165) is 16.5 Å². The largest absolute Gasteiger partial charge is 0.493 e. The summed E-state index contributed by atoms with van der Waals surface area (Å²) in [7, 11) is 1.50. The smallest absolute Gasteiger partial charge is 0.331 e. The predicted molar refractivity (Wildman–Crippen MR) is 99.1 cm³/mol. The lowest BCUT2D eigenvalue weighted by molar-refractivity contribution is -0.139. The zero-order chi connectivity index (χ0) is 19.1. The molecule has 0 bridgehead atoms. The highest BCUT2D eigenvalue weighted by molar-refractivity contribution is 5.87. The van der Waals surface area contributed by atoms with E-state index in [9.17, 15) is 4.79 Å². The molecule has 0 aliphatic carbocycles. The van der Waals surface area contributed by atoms with Crippen LogP contribution in [0.4, 0.5) is 0 Å². The maximum absolute atomic E-state index is 11.9. The normalized spacial score (nSPS) is 10.7. The van der Waals surface area contributed by atoms with E-state index in [-0.39, 0.29) is 13.2 Å². The second-order valence-electron chi connectivity index (χ2n) is 5.55. The first-order valence-electron chi connectivity index (χ1n) is 8.19. The van der Waals surface area contributed by atoms with Crippen molar-refractivity contribution in [2.75, 3.05) is 13.7 Å². The van der Waals surface area contributed by atoms with Crippen LogP contribution in [-0.4, -0.2) is 19.7 Å². The van der Waals surface area contributed by atoms with Crippen molar-refractivity contribution in [2.45, 2.75) is 6.61 Å². The molecule has 0 atom stereocenters. The highest BCUT2D eigenvalue weighted by Gasteiger charge is 2.07. The van der Waals surface area contributed by atoms with Gasteiger partial charge in [-0.15, -0.1) is 0 Å². The van der Waals surface area contributed by atoms with Crippen LogP contribution in [0.2, 0.25) is 0 Å². The summed E-state index contributed by atoms with van der Waals surface area (Å²) >= 11 is 0. The quantitative estimate of drug-likeness (QED) is 0.464. The Bertz CT molecular complexity index is 980. The van der Waals surface area contributed by atoms with Crippen molar-refractivity contribution in [2.24, 2.45) is 0 Å². The summed E-state index contributed by atoms with van der Waals surface area (Å²) in [5.41, 5.74) is 1.49. The number of ether oxygens (including phenoxy) is 3. The van der Waals surface area contributed by atoms with Gasteiger partial charge in [0.25, 0.3) is 0 Å². The minimum atomic E-state index is -0.487. The number of carbonyl (C=O) groups is 1. The van der Waals surface area contributed by atoms with E-state index in [0.29, 0.717) is 17.3 Å². The molecule has 6 nitrogen and oxygen atoms in total. The lowest BCUT2D eigenvalue weighted by atomic mass is 10.2. The van der Waals surface area contributed by atoms with Gasteiger partial charge in [-0.25, -0.2) is 4.79 Å². The number of nitriles is 1. The number of nitrogens with zero attached hydrogens (tertiary/aromatic N) is 1. The van der Waals surface area contributed by atoms with Gasteiger partial charge in [0.05, 0.1) is 7.11 Å². The Labute approximate surface area is 156 Å². The van der Waals surface area contributed by atoms with Gasteiger partial charge in [-0.2, -0.15) is 5.26 Å². The van der Waals surface area contributed by atoms with Crippen LogP contribution >= 0.6 is 0 Å². The van der Waals surface area contributed by atoms with Crippen LogP contribution in [0, 0.1) is 11.3 Å². The molecule has 0 fully saturated rings. The number of methoxy groups -OCH3 is 1. The molecular weight excluding hydrogens is 346 g/mol. The molecule has 0 aliphatic heterocycles. The standard InChI is InChI=1S/C21H17NO5/c1-24-20-12-15(6-8-19(20)25-11-10-22)7-9-21(23)26-14-17-13-16-4-2-3-5-18(16)27-17/h2-9,12-13H,11,14H2,1H3/b9-7+. The molecule has 0 aliphatic rings. The van der Waals surface area contributed by atoms with Gasteiger partial charge in [0.2, 0.25) is 0 Å². The molecule has 27 heavy (non-hydrogen) atoms. The molecule has 0 unspecified atom stereocenters. The zero-order valence-electron chi connectivity index (χ0n) is 14.7. The second kappa shape index (κ2) is 8.59. The van der Waals surface area contributed by atoms with Crippen LogP contribution in [0.3, 0.4) is 0 Å². The van der Waals surface area contributed by atoms with Crippen molar-refractivity contribution in [3.63, 3.8) is 0 Å². The molecule has 3 rings (SSSR count). The zero-order valence-corrected chi connectivity index (χ0v) is 14.7. The molecule has 0 spiro atoms. The van der Waals surface area contributed by atoms with Gasteiger partial charge in [-0.05, 0) is 35.9 Å². The number of carbonyl (C=O) groups excluding carboxylic acids is 1. The fourth-order valence-corrected chi connectivity index (χ4v) is 2.48. The SMILES string of the molecule is COc1cc(/C=C/C(=O)OCc2cc3ccccc3o2)ccc1OCC#N. The molecule has 3 aromatic rings. The molecule has 1 aromatic heterocycles. The minimum absolute atomic E-state index is 0.0577. The van der Waals surface area contributed by atoms with Crippen LogP contribution < -0.4 is 9.47 Å². The van der Waals surface area contributed by atoms with Crippen molar-refractivity contribution >= 4 is 23.0 Å². The van der Waals surface area contributed by atoms with E-state index in [1.807, 2.05) is 36.4 Å². The Kier molecular flexibility index (Phi) is 5.75. The third-order valence-corrected chi connectivity index (χ3v) is 3.73. The molecule has 6 heteroatoms. The number of benzene rings is 2. The molecule has 1 heterocycles. The van der Waals surface area contributed by atoms with E-state index in [4.69, 9.17) is 23.9 Å². The lowest BCUT2D eigenvalue weighted by Crippen LogP contribution is -2.00. The highest BCUT2D eigenvalue weighted by atomic mass is 16.5. The summed E-state index contributed by atoms with van der Waals surface area (Å²) in [4.78, 5) is 11.9. The molecule has 2 aromatic carbocycles. The summed E-state index contributed by atoms with van der Waals surface area (Å²) in [6.45, 7) is -0.0121. The highest BCUT2D eigenvalue weighted by Crippen LogP contribution is 2.28. The summed E-state index contributed by atoms with van der Waals surface area (Å²) < 4.78 is 21.3. The summed E-state index contributed by atoms with van der Waals surface area (Å²) in [5, 5.41) is 9.54. The van der Waals surface area contributed by atoms with E-state index in [1.165, 1.54) is 13.2 Å². The molecule has 0 saturated heterocycles. The number of rotatable bonds is 7. The first-order chi connectivity index (χ1) is 13.2. The van der Waals surface area contributed by atoms with Gasteiger partial charge in [-0.3, -0.25) is 0 Å². The Morgan fingerprint density at radius 3 is 2.81 bits per heavy atom. The molecular formula is C21H17NO5. The van der Waals surface area contributed by atoms with E-state index < -0.39 is 5.97 Å². The number of furan rings is 1. The van der Waals surface area contributed by atoms with Gasteiger partial charge in [0.1, 0.15) is 24.0 Å². The summed E-state index contributed by atoms with van der Waals surface area (Å²) in [5.74, 6) is 1.03. The number of hydrogen-bond acceptors (Lipinski definition) is 6. The topological polar surface area (TPSA) is 81.7 Å². The van der Waals surface area contributed by atoms with Gasteiger partial charge >= 0.3 is 5.97 Å². The molecule has 0 saturated carbocycles. The Morgan fingerprint density at radius 1 is 1.19 bits per heavy atom. The molecule has 0 amide bonds. The molecule has 0 radical (unpaired) electrons. The maximum Gasteiger partial charge on any atom is 0.331 e. The van der Waals surface area contributed by atoms with Crippen molar-refractivity contribution < 1.29 is 23.4 Å². The fraction of sp³-hybridized carbons (Fsp3) is 0.143. The number of esters is 1. The van der Waals surface area contributed by atoms with Crippen molar-refractivity contribution in [3.05, 3.63) is 65.9 Å². The molecule has 136 valence electrons. The minimum Gasteiger partial charge on any atom is -0.493 e. The van der Waals surface area contributed by atoms with Crippen molar-refractivity contribution in [1.82, 2.24) is 0 Å². The van der Waals surface area contributed by atoms with E-state index in [1.54, 1.807) is 24.3 Å². The van der Waals surface area contributed by atoms with E-state index in [2.05, 4.69) is 0 Å². The number of hydrogen-bond donors (Lipinski definition) is 0.